The van der Waals surface area contributed by atoms with Gasteiger partial charge in [-0.05, 0) is 35.5 Å². The molecule has 0 saturated carbocycles. The van der Waals surface area contributed by atoms with Crippen molar-refractivity contribution in [3.63, 3.8) is 0 Å². The number of amides is 1. The van der Waals surface area contributed by atoms with Gasteiger partial charge in [-0.1, -0.05) is 35.4 Å². The fourth-order valence-corrected chi connectivity index (χ4v) is 3.57. The van der Waals surface area contributed by atoms with Crippen molar-refractivity contribution < 1.29 is 14.3 Å². The zero-order chi connectivity index (χ0) is 20.4. The number of aliphatic imine (C=N–C) groups is 1. The molecule has 0 bridgehead atoms. The van der Waals surface area contributed by atoms with Crippen LogP contribution in [0.2, 0.25) is 0 Å². The maximum Gasteiger partial charge on any atom is 0.269 e. The number of carbonyl (C=O) groups is 1. The largest absolute Gasteiger partial charge is 0.493 e. The SMILES string of the molecule is COc1cccc(C2C(C(=O)Nc3ccccc3)C(C)=Nc3nnnn32)c1OC. The number of nitrogens with zero attached hydrogens (tertiary/aromatic N) is 5. The third-order valence-electron chi connectivity index (χ3n) is 4.86. The van der Waals surface area contributed by atoms with E-state index in [1.54, 1.807) is 31.9 Å². The van der Waals surface area contributed by atoms with Crippen LogP contribution in [-0.2, 0) is 4.79 Å². The molecule has 0 fully saturated rings. The van der Waals surface area contributed by atoms with Crippen LogP contribution in [0, 0.1) is 5.92 Å². The van der Waals surface area contributed by atoms with E-state index < -0.39 is 12.0 Å². The van der Waals surface area contributed by atoms with E-state index in [2.05, 4.69) is 25.8 Å². The summed E-state index contributed by atoms with van der Waals surface area (Å²) in [5, 5.41) is 14.8. The normalized spacial score (nSPS) is 17.8. The van der Waals surface area contributed by atoms with Gasteiger partial charge in [0.2, 0.25) is 5.91 Å². The summed E-state index contributed by atoms with van der Waals surface area (Å²) in [6.07, 6.45) is 0. The van der Waals surface area contributed by atoms with Gasteiger partial charge in [-0.15, -0.1) is 0 Å². The number of para-hydroxylation sites is 2. The van der Waals surface area contributed by atoms with Crippen molar-refractivity contribution in [2.45, 2.75) is 13.0 Å². The molecule has 2 unspecified atom stereocenters. The third kappa shape index (κ3) is 3.31. The number of anilines is 1. The van der Waals surface area contributed by atoms with Crippen molar-refractivity contribution in [3.8, 4) is 11.5 Å². The molecule has 2 aromatic carbocycles. The second kappa shape index (κ2) is 7.70. The first-order valence-electron chi connectivity index (χ1n) is 9.04. The molecule has 2 atom stereocenters. The number of hydrogen-bond acceptors (Lipinski definition) is 7. The molecule has 148 valence electrons. The number of fused-ring (bicyclic) bond motifs is 1. The van der Waals surface area contributed by atoms with Crippen LogP contribution < -0.4 is 14.8 Å². The van der Waals surface area contributed by atoms with Crippen LogP contribution in [0.3, 0.4) is 0 Å². The predicted molar refractivity (Wildman–Crippen MR) is 107 cm³/mol. The van der Waals surface area contributed by atoms with Crippen molar-refractivity contribution in [3.05, 3.63) is 54.1 Å². The highest BCUT2D eigenvalue weighted by molar-refractivity contribution is 6.10. The lowest BCUT2D eigenvalue weighted by molar-refractivity contribution is -0.118. The lowest BCUT2D eigenvalue weighted by Gasteiger charge is -2.31. The first kappa shape index (κ1) is 18.6. The Morgan fingerprint density at radius 3 is 2.59 bits per heavy atom. The van der Waals surface area contributed by atoms with Crippen molar-refractivity contribution in [2.24, 2.45) is 10.9 Å². The summed E-state index contributed by atoms with van der Waals surface area (Å²) >= 11 is 0. The second-order valence-electron chi connectivity index (χ2n) is 6.54. The molecule has 2 heterocycles. The van der Waals surface area contributed by atoms with Crippen LogP contribution in [0.15, 0.2) is 53.5 Å². The van der Waals surface area contributed by atoms with Gasteiger partial charge in [0.1, 0.15) is 12.0 Å². The molecule has 1 aliphatic heterocycles. The Bertz CT molecular complexity index is 1060. The molecule has 0 radical (unpaired) electrons. The van der Waals surface area contributed by atoms with Gasteiger partial charge in [0, 0.05) is 17.0 Å². The van der Waals surface area contributed by atoms with Crippen molar-refractivity contribution in [1.29, 1.82) is 0 Å². The highest BCUT2D eigenvalue weighted by Gasteiger charge is 2.41. The van der Waals surface area contributed by atoms with Gasteiger partial charge in [0.15, 0.2) is 11.5 Å². The number of ether oxygens (including phenoxy) is 2. The first-order chi connectivity index (χ1) is 14.1. The molecule has 0 spiro atoms. The lowest BCUT2D eigenvalue weighted by Crippen LogP contribution is -2.39. The first-order valence-corrected chi connectivity index (χ1v) is 9.04. The van der Waals surface area contributed by atoms with Crippen molar-refractivity contribution in [2.75, 3.05) is 19.5 Å². The fraction of sp³-hybridized carbons (Fsp3) is 0.250. The van der Waals surface area contributed by atoms with E-state index in [-0.39, 0.29) is 5.91 Å². The van der Waals surface area contributed by atoms with Crippen LogP contribution in [0.5, 0.6) is 11.5 Å². The zero-order valence-electron chi connectivity index (χ0n) is 16.2. The molecule has 4 rings (SSSR count). The Hall–Kier alpha value is -3.75. The van der Waals surface area contributed by atoms with Gasteiger partial charge in [-0.25, -0.2) is 9.67 Å². The average Bonchev–Trinajstić information content (AvgIpc) is 3.20. The number of tetrazole rings is 1. The van der Waals surface area contributed by atoms with Crippen LogP contribution in [-0.4, -0.2) is 46.0 Å². The number of nitrogens with one attached hydrogen (secondary N) is 1. The molecule has 1 aliphatic rings. The molecule has 9 heteroatoms. The van der Waals surface area contributed by atoms with Crippen LogP contribution in [0.25, 0.3) is 0 Å². The Morgan fingerprint density at radius 1 is 1.07 bits per heavy atom. The minimum atomic E-state index is -0.646. The quantitative estimate of drug-likeness (QED) is 0.716. The third-order valence-corrected chi connectivity index (χ3v) is 4.86. The van der Waals surface area contributed by atoms with Gasteiger partial charge in [-0.3, -0.25) is 4.79 Å². The number of carbonyl (C=O) groups excluding carboxylic acids is 1. The standard InChI is InChI=1S/C20H20N6O3/c1-12-16(19(27)22-13-8-5-4-6-9-13)17(26-20(21-12)23-24-25-26)14-10-7-11-15(28-2)18(14)29-3/h4-11,16-17H,1-3H3,(H,22,27). The Balaban J connectivity index is 1.82. The Kier molecular flexibility index (Phi) is 4.94. The van der Waals surface area contributed by atoms with Gasteiger partial charge >= 0.3 is 0 Å². The van der Waals surface area contributed by atoms with E-state index in [0.717, 1.165) is 5.56 Å². The molecule has 1 aromatic heterocycles. The molecule has 9 nitrogen and oxygen atoms in total. The molecule has 1 amide bonds. The van der Waals surface area contributed by atoms with E-state index in [9.17, 15) is 4.79 Å². The number of hydrogen-bond donors (Lipinski definition) is 1. The average molecular weight is 392 g/mol. The zero-order valence-corrected chi connectivity index (χ0v) is 16.2. The number of aromatic nitrogens is 4. The number of methoxy groups -OCH3 is 2. The predicted octanol–water partition coefficient (Wildman–Crippen LogP) is 2.64. The summed E-state index contributed by atoms with van der Waals surface area (Å²) in [4.78, 5) is 17.7. The lowest BCUT2D eigenvalue weighted by atomic mass is 9.87. The smallest absolute Gasteiger partial charge is 0.269 e. The van der Waals surface area contributed by atoms with E-state index >= 15 is 0 Å². The highest BCUT2D eigenvalue weighted by atomic mass is 16.5. The summed E-state index contributed by atoms with van der Waals surface area (Å²) in [6, 6.07) is 14.2. The highest BCUT2D eigenvalue weighted by Crippen LogP contribution is 2.42. The number of rotatable bonds is 5. The minimum absolute atomic E-state index is 0.214. The van der Waals surface area contributed by atoms with Gasteiger partial charge in [0.05, 0.1) is 14.2 Å². The summed E-state index contributed by atoms with van der Waals surface area (Å²) in [5.74, 6) is 0.553. The monoisotopic (exact) mass is 392 g/mol. The Labute approximate surface area is 167 Å². The minimum Gasteiger partial charge on any atom is -0.493 e. The fourth-order valence-electron chi connectivity index (χ4n) is 3.57. The van der Waals surface area contributed by atoms with E-state index in [4.69, 9.17) is 9.47 Å². The molecule has 0 saturated heterocycles. The molecule has 3 aromatic rings. The summed E-state index contributed by atoms with van der Waals surface area (Å²) in [7, 11) is 3.13. The van der Waals surface area contributed by atoms with Gasteiger partial charge < -0.3 is 14.8 Å². The van der Waals surface area contributed by atoms with Crippen LogP contribution >= 0.6 is 0 Å². The molecule has 1 N–H and O–H groups in total. The van der Waals surface area contributed by atoms with Crippen molar-refractivity contribution >= 4 is 23.3 Å². The van der Waals surface area contributed by atoms with E-state index in [1.165, 1.54) is 0 Å². The van der Waals surface area contributed by atoms with E-state index in [1.807, 2.05) is 42.5 Å². The summed E-state index contributed by atoms with van der Waals surface area (Å²) < 4.78 is 12.6. The maximum atomic E-state index is 13.3. The van der Waals surface area contributed by atoms with Gasteiger partial charge in [0.25, 0.3) is 5.95 Å². The summed E-state index contributed by atoms with van der Waals surface area (Å²) in [5.41, 5.74) is 2.03. The molecular weight excluding hydrogens is 372 g/mol. The van der Waals surface area contributed by atoms with Crippen molar-refractivity contribution in [1.82, 2.24) is 20.2 Å². The number of benzene rings is 2. The topological polar surface area (TPSA) is 104 Å². The molecule has 29 heavy (non-hydrogen) atoms. The summed E-state index contributed by atoms with van der Waals surface area (Å²) in [6.45, 7) is 1.80. The van der Waals surface area contributed by atoms with E-state index in [0.29, 0.717) is 28.8 Å². The van der Waals surface area contributed by atoms with Crippen LogP contribution in [0.4, 0.5) is 11.6 Å². The Morgan fingerprint density at radius 2 is 1.86 bits per heavy atom. The second-order valence-corrected chi connectivity index (χ2v) is 6.54. The maximum absolute atomic E-state index is 13.3. The molecular formula is C20H20N6O3. The molecule has 0 aliphatic carbocycles. The van der Waals surface area contributed by atoms with Crippen LogP contribution in [0.1, 0.15) is 18.5 Å². The van der Waals surface area contributed by atoms with Gasteiger partial charge in [-0.2, -0.15) is 0 Å².